The topological polar surface area (TPSA) is 57.6 Å². The van der Waals surface area contributed by atoms with Crippen LogP contribution in [0.2, 0.25) is 0 Å². The SMILES string of the molecule is CC(C)Oc1ncccc1NCC(O)CN(C)C. The van der Waals surface area contributed by atoms with Crippen molar-refractivity contribution in [2.75, 3.05) is 32.5 Å². The second-order valence-electron chi connectivity index (χ2n) is 4.82. The third-order valence-corrected chi connectivity index (χ3v) is 2.22. The van der Waals surface area contributed by atoms with Gasteiger partial charge in [0.25, 0.3) is 0 Å². The molecule has 1 atom stereocenters. The highest BCUT2D eigenvalue weighted by atomic mass is 16.5. The Morgan fingerprint density at radius 3 is 2.78 bits per heavy atom. The van der Waals surface area contributed by atoms with Crippen LogP contribution < -0.4 is 10.1 Å². The zero-order chi connectivity index (χ0) is 13.5. The van der Waals surface area contributed by atoms with Crippen LogP contribution in [0.25, 0.3) is 0 Å². The molecule has 2 N–H and O–H groups in total. The molecule has 0 aliphatic heterocycles. The summed E-state index contributed by atoms with van der Waals surface area (Å²) >= 11 is 0. The van der Waals surface area contributed by atoms with Gasteiger partial charge in [0, 0.05) is 19.3 Å². The lowest BCUT2D eigenvalue weighted by molar-refractivity contribution is 0.148. The minimum absolute atomic E-state index is 0.0761. The maximum atomic E-state index is 9.79. The van der Waals surface area contributed by atoms with E-state index in [4.69, 9.17) is 4.74 Å². The van der Waals surface area contributed by atoms with Gasteiger partial charge in [-0.2, -0.15) is 0 Å². The maximum Gasteiger partial charge on any atom is 0.237 e. The van der Waals surface area contributed by atoms with E-state index in [1.54, 1.807) is 6.20 Å². The molecule has 1 heterocycles. The van der Waals surface area contributed by atoms with Crippen LogP contribution in [0.4, 0.5) is 5.69 Å². The fraction of sp³-hybridized carbons (Fsp3) is 0.615. The fourth-order valence-corrected chi connectivity index (χ4v) is 1.56. The predicted molar refractivity (Wildman–Crippen MR) is 73.1 cm³/mol. The molecule has 0 aliphatic carbocycles. The fourth-order valence-electron chi connectivity index (χ4n) is 1.56. The number of nitrogens with zero attached hydrogens (tertiary/aromatic N) is 2. The molecular formula is C13H23N3O2. The van der Waals surface area contributed by atoms with E-state index in [0.29, 0.717) is 19.0 Å². The zero-order valence-corrected chi connectivity index (χ0v) is 11.6. The van der Waals surface area contributed by atoms with Crippen LogP contribution in [0, 0.1) is 0 Å². The summed E-state index contributed by atoms with van der Waals surface area (Å²) in [6.45, 7) is 5.00. The van der Waals surface area contributed by atoms with Crippen LogP contribution in [0.1, 0.15) is 13.8 Å². The standard InChI is InChI=1S/C13H23N3O2/c1-10(2)18-13-12(6-5-7-14-13)15-8-11(17)9-16(3)4/h5-7,10-11,15,17H,8-9H2,1-4H3. The molecule has 0 saturated heterocycles. The molecule has 0 bridgehead atoms. The smallest absolute Gasteiger partial charge is 0.237 e. The van der Waals surface area contributed by atoms with Crippen molar-refractivity contribution in [3.8, 4) is 5.88 Å². The van der Waals surface area contributed by atoms with Crippen LogP contribution in [0.3, 0.4) is 0 Å². The number of hydrogen-bond donors (Lipinski definition) is 2. The van der Waals surface area contributed by atoms with Gasteiger partial charge in [0.15, 0.2) is 0 Å². The van der Waals surface area contributed by atoms with E-state index in [9.17, 15) is 5.11 Å². The average Bonchev–Trinajstić information content (AvgIpc) is 2.26. The third kappa shape index (κ3) is 5.33. The van der Waals surface area contributed by atoms with Gasteiger partial charge in [-0.25, -0.2) is 4.98 Å². The Hall–Kier alpha value is -1.33. The van der Waals surface area contributed by atoms with Gasteiger partial charge in [-0.3, -0.25) is 0 Å². The number of hydrogen-bond acceptors (Lipinski definition) is 5. The van der Waals surface area contributed by atoms with E-state index < -0.39 is 6.10 Å². The van der Waals surface area contributed by atoms with Gasteiger partial charge in [0.05, 0.1) is 17.9 Å². The van der Waals surface area contributed by atoms with Gasteiger partial charge >= 0.3 is 0 Å². The summed E-state index contributed by atoms with van der Waals surface area (Å²) in [4.78, 5) is 6.13. The quantitative estimate of drug-likeness (QED) is 0.765. The Morgan fingerprint density at radius 1 is 1.44 bits per heavy atom. The highest BCUT2D eigenvalue weighted by Crippen LogP contribution is 2.21. The minimum atomic E-state index is -0.424. The molecule has 0 spiro atoms. The van der Waals surface area contributed by atoms with E-state index in [1.165, 1.54) is 0 Å². The molecule has 5 nitrogen and oxygen atoms in total. The van der Waals surface area contributed by atoms with Gasteiger partial charge < -0.3 is 20.1 Å². The van der Waals surface area contributed by atoms with Gasteiger partial charge in [-0.05, 0) is 40.1 Å². The largest absolute Gasteiger partial charge is 0.473 e. The lowest BCUT2D eigenvalue weighted by Crippen LogP contribution is -2.31. The summed E-state index contributed by atoms with van der Waals surface area (Å²) in [5.41, 5.74) is 0.809. The first kappa shape index (κ1) is 14.7. The molecule has 1 aromatic rings. The molecule has 0 saturated carbocycles. The Morgan fingerprint density at radius 2 is 2.17 bits per heavy atom. The van der Waals surface area contributed by atoms with Crippen LogP contribution >= 0.6 is 0 Å². The Kier molecular flexibility index (Phi) is 5.88. The number of aliphatic hydroxyl groups excluding tert-OH is 1. The molecule has 0 radical (unpaired) electrons. The first-order valence-electron chi connectivity index (χ1n) is 6.17. The zero-order valence-electron chi connectivity index (χ0n) is 11.6. The van der Waals surface area contributed by atoms with E-state index in [0.717, 1.165) is 5.69 Å². The Bertz CT molecular complexity index is 356. The van der Waals surface area contributed by atoms with Crippen molar-refractivity contribution in [3.05, 3.63) is 18.3 Å². The lowest BCUT2D eigenvalue weighted by Gasteiger charge is -2.18. The minimum Gasteiger partial charge on any atom is -0.473 e. The molecule has 18 heavy (non-hydrogen) atoms. The third-order valence-electron chi connectivity index (χ3n) is 2.22. The maximum absolute atomic E-state index is 9.79. The monoisotopic (exact) mass is 253 g/mol. The number of nitrogens with one attached hydrogen (secondary N) is 1. The van der Waals surface area contributed by atoms with Crippen molar-refractivity contribution >= 4 is 5.69 Å². The highest BCUT2D eigenvalue weighted by molar-refractivity contribution is 5.52. The van der Waals surface area contributed by atoms with Crippen LogP contribution in [-0.4, -0.2) is 54.4 Å². The molecule has 0 aromatic carbocycles. The molecule has 0 fully saturated rings. The molecule has 5 heteroatoms. The van der Waals surface area contributed by atoms with E-state index in [-0.39, 0.29) is 6.10 Å². The van der Waals surface area contributed by atoms with Crippen LogP contribution in [0.5, 0.6) is 5.88 Å². The first-order valence-corrected chi connectivity index (χ1v) is 6.17. The number of likely N-dealkylation sites (N-methyl/N-ethyl adjacent to an activating group) is 1. The number of ether oxygens (including phenoxy) is 1. The van der Waals surface area contributed by atoms with Crippen molar-refractivity contribution in [3.63, 3.8) is 0 Å². The highest BCUT2D eigenvalue weighted by Gasteiger charge is 2.09. The molecular weight excluding hydrogens is 230 g/mol. The van der Waals surface area contributed by atoms with Crippen LogP contribution in [-0.2, 0) is 0 Å². The van der Waals surface area contributed by atoms with E-state index in [1.807, 2.05) is 45.0 Å². The summed E-state index contributed by atoms with van der Waals surface area (Å²) in [5, 5.41) is 12.9. The van der Waals surface area contributed by atoms with E-state index in [2.05, 4.69) is 10.3 Å². The molecule has 1 unspecified atom stereocenters. The first-order chi connectivity index (χ1) is 8.49. The summed E-state index contributed by atoms with van der Waals surface area (Å²) < 4.78 is 5.59. The average molecular weight is 253 g/mol. The molecule has 0 aliphatic rings. The van der Waals surface area contributed by atoms with Gasteiger partial charge in [-0.1, -0.05) is 0 Å². The summed E-state index contributed by atoms with van der Waals surface area (Å²) in [7, 11) is 3.86. The van der Waals surface area contributed by atoms with E-state index >= 15 is 0 Å². The number of rotatable bonds is 7. The van der Waals surface area contributed by atoms with Gasteiger partial charge in [0.1, 0.15) is 0 Å². The second-order valence-corrected chi connectivity index (χ2v) is 4.82. The number of pyridine rings is 1. The van der Waals surface area contributed by atoms with Crippen molar-refractivity contribution in [1.82, 2.24) is 9.88 Å². The Balaban J connectivity index is 2.55. The van der Waals surface area contributed by atoms with Crippen molar-refractivity contribution in [1.29, 1.82) is 0 Å². The van der Waals surface area contributed by atoms with Crippen molar-refractivity contribution < 1.29 is 9.84 Å². The molecule has 1 rings (SSSR count). The normalized spacial score (nSPS) is 12.8. The summed E-state index contributed by atoms with van der Waals surface area (Å²) in [5.74, 6) is 0.574. The van der Waals surface area contributed by atoms with Crippen molar-refractivity contribution in [2.45, 2.75) is 26.1 Å². The van der Waals surface area contributed by atoms with Gasteiger partial charge in [-0.15, -0.1) is 0 Å². The molecule has 102 valence electrons. The second kappa shape index (κ2) is 7.18. The number of aliphatic hydroxyl groups is 1. The van der Waals surface area contributed by atoms with Crippen molar-refractivity contribution in [2.24, 2.45) is 0 Å². The molecule has 0 amide bonds. The number of aromatic nitrogens is 1. The Labute approximate surface area is 109 Å². The molecule has 1 aromatic heterocycles. The predicted octanol–water partition coefficient (Wildman–Crippen LogP) is 1.20. The number of anilines is 1. The van der Waals surface area contributed by atoms with Crippen LogP contribution in [0.15, 0.2) is 18.3 Å². The summed E-state index contributed by atoms with van der Waals surface area (Å²) in [6.07, 6.45) is 1.35. The summed E-state index contributed by atoms with van der Waals surface area (Å²) in [6, 6.07) is 3.74. The lowest BCUT2D eigenvalue weighted by atomic mass is 10.3. The van der Waals surface area contributed by atoms with Gasteiger partial charge in [0.2, 0.25) is 5.88 Å².